The molecule has 2 aliphatic rings. The van der Waals surface area contributed by atoms with E-state index in [1.54, 1.807) is 22.7 Å². The Morgan fingerprint density at radius 2 is 0.891 bits per heavy atom. The average Bonchev–Trinajstić information content (AvgIpc) is 3.75. The van der Waals surface area contributed by atoms with E-state index in [9.17, 15) is 9.59 Å². The minimum Gasteiger partial charge on any atom is -0.289 e. The number of fused-ring (bicyclic) bond motifs is 4. The van der Waals surface area contributed by atoms with Crippen molar-refractivity contribution in [1.82, 2.24) is 0 Å². The number of hydrogen-bond donors (Lipinski definition) is 0. The molecule has 3 aromatic carbocycles. The predicted molar refractivity (Wildman–Crippen MR) is 193 cm³/mol. The maximum Gasteiger partial charge on any atom is 0.194 e. The van der Waals surface area contributed by atoms with Gasteiger partial charge in [0.1, 0.15) is 0 Å². The quantitative estimate of drug-likeness (QED) is 0.125. The third kappa shape index (κ3) is 5.46. The smallest absolute Gasteiger partial charge is 0.194 e. The number of ketones is 2. The first kappa shape index (κ1) is 30.8. The summed E-state index contributed by atoms with van der Waals surface area (Å²) in [7, 11) is 0. The first-order chi connectivity index (χ1) is 22.6. The molecule has 4 heteroatoms. The molecule has 0 N–H and O–H groups in total. The Kier molecular flexibility index (Phi) is 9.01. The van der Waals surface area contributed by atoms with Crippen LogP contribution in [0.15, 0.2) is 83.6 Å². The molecule has 7 rings (SSSR count). The van der Waals surface area contributed by atoms with Crippen molar-refractivity contribution < 1.29 is 9.59 Å². The normalized spacial score (nSPS) is 13.4. The molecule has 5 aromatic rings. The Labute approximate surface area is 280 Å². The van der Waals surface area contributed by atoms with Crippen LogP contribution in [0.25, 0.3) is 11.1 Å². The minimum atomic E-state index is 0.0369. The fraction of sp³-hybridized carbons (Fsp3) is 0.286. The van der Waals surface area contributed by atoms with E-state index >= 15 is 0 Å². The molecule has 2 heterocycles. The summed E-state index contributed by atoms with van der Waals surface area (Å²) in [4.78, 5) is 31.1. The van der Waals surface area contributed by atoms with Crippen molar-refractivity contribution in [3.63, 3.8) is 0 Å². The number of hydrogen-bond acceptors (Lipinski definition) is 4. The Balaban J connectivity index is 1.50. The fourth-order valence-corrected chi connectivity index (χ4v) is 9.30. The Morgan fingerprint density at radius 1 is 0.478 bits per heavy atom. The molecule has 2 aliphatic carbocycles. The van der Waals surface area contributed by atoms with Crippen LogP contribution in [-0.4, -0.2) is 11.6 Å². The summed E-state index contributed by atoms with van der Waals surface area (Å²) in [5, 5.41) is 6.14. The van der Waals surface area contributed by atoms with Gasteiger partial charge in [0, 0.05) is 43.2 Å². The van der Waals surface area contributed by atoms with Gasteiger partial charge in [0.05, 0.1) is 0 Å². The highest BCUT2D eigenvalue weighted by Gasteiger charge is 2.31. The van der Waals surface area contributed by atoms with Gasteiger partial charge in [0.2, 0.25) is 0 Å². The standard InChI is InChI=1S/C42H40O2S2/c1-3-5-7-9-15-27-21-23-45-41(27)37-29-17-11-13-19-31(29)39(43)35-26-34-36(25-33(35)37)40(44)32-20-14-12-18-30(32)38(34)42-28(22-24-46-42)16-10-8-6-4-2/h11-14,17-26H,3-10,15-16H2,1-2H3. The number of carbonyl (C=O) groups excluding carboxylic acids is 2. The zero-order chi connectivity index (χ0) is 31.6. The molecule has 0 fully saturated rings. The highest BCUT2D eigenvalue weighted by Crippen LogP contribution is 2.37. The molecule has 0 amide bonds. The molecular formula is C42H40O2S2. The van der Waals surface area contributed by atoms with Gasteiger partial charge in [-0.2, -0.15) is 0 Å². The number of aryl methyl sites for hydroxylation is 2. The summed E-state index contributed by atoms with van der Waals surface area (Å²) in [5.41, 5.74) is 9.67. The Hall–Kier alpha value is -3.86. The number of carbonyl (C=O) groups is 2. The molecule has 0 atom stereocenters. The van der Waals surface area contributed by atoms with Crippen molar-refractivity contribution >= 4 is 45.4 Å². The van der Waals surface area contributed by atoms with E-state index in [1.807, 2.05) is 36.4 Å². The van der Waals surface area contributed by atoms with Crippen LogP contribution in [0.4, 0.5) is 0 Å². The molecule has 2 aromatic heterocycles. The monoisotopic (exact) mass is 640 g/mol. The van der Waals surface area contributed by atoms with Crippen molar-refractivity contribution in [3.8, 4) is 0 Å². The van der Waals surface area contributed by atoms with E-state index in [2.05, 4.69) is 61.0 Å². The van der Waals surface area contributed by atoms with E-state index in [1.165, 1.54) is 59.4 Å². The summed E-state index contributed by atoms with van der Waals surface area (Å²) in [6.07, 6.45) is 11.7. The Morgan fingerprint density at radius 3 is 1.30 bits per heavy atom. The van der Waals surface area contributed by atoms with Gasteiger partial charge in [-0.05, 0) is 93.4 Å². The molecule has 0 unspecified atom stereocenters. The molecule has 46 heavy (non-hydrogen) atoms. The second-order valence-electron chi connectivity index (χ2n) is 12.6. The second-order valence-corrected chi connectivity index (χ2v) is 14.4. The van der Waals surface area contributed by atoms with Gasteiger partial charge < -0.3 is 0 Å². The van der Waals surface area contributed by atoms with Gasteiger partial charge in [0.15, 0.2) is 11.6 Å². The van der Waals surface area contributed by atoms with Crippen LogP contribution in [0.2, 0.25) is 0 Å². The Bertz CT molecular complexity index is 1920. The van der Waals surface area contributed by atoms with E-state index < -0.39 is 0 Å². The lowest BCUT2D eigenvalue weighted by Crippen LogP contribution is -2.34. The van der Waals surface area contributed by atoms with Crippen molar-refractivity contribution in [3.05, 3.63) is 148 Å². The van der Waals surface area contributed by atoms with Crippen molar-refractivity contribution in [2.45, 2.75) is 78.1 Å². The number of rotatable bonds is 12. The first-order valence-electron chi connectivity index (χ1n) is 17.0. The fourth-order valence-electron chi connectivity index (χ4n) is 7.25. The van der Waals surface area contributed by atoms with Crippen LogP contribution < -0.4 is 10.4 Å². The van der Waals surface area contributed by atoms with E-state index in [0.717, 1.165) is 69.5 Å². The molecule has 0 saturated carbocycles. The zero-order valence-electron chi connectivity index (χ0n) is 26.8. The van der Waals surface area contributed by atoms with Gasteiger partial charge in [-0.15, -0.1) is 22.7 Å². The van der Waals surface area contributed by atoms with Crippen LogP contribution in [0, 0.1) is 0 Å². The van der Waals surface area contributed by atoms with E-state index in [-0.39, 0.29) is 11.6 Å². The average molecular weight is 641 g/mol. The van der Waals surface area contributed by atoms with E-state index in [0.29, 0.717) is 11.1 Å². The molecule has 2 nitrogen and oxygen atoms in total. The van der Waals surface area contributed by atoms with Gasteiger partial charge in [0.25, 0.3) is 0 Å². The second kappa shape index (κ2) is 13.5. The topological polar surface area (TPSA) is 34.1 Å². The lowest BCUT2D eigenvalue weighted by Gasteiger charge is -2.24. The van der Waals surface area contributed by atoms with Crippen LogP contribution in [-0.2, 0) is 12.8 Å². The zero-order valence-corrected chi connectivity index (χ0v) is 28.4. The largest absolute Gasteiger partial charge is 0.289 e. The van der Waals surface area contributed by atoms with Gasteiger partial charge in [-0.25, -0.2) is 0 Å². The van der Waals surface area contributed by atoms with Gasteiger partial charge in [-0.1, -0.05) is 101 Å². The third-order valence-corrected chi connectivity index (χ3v) is 11.6. The van der Waals surface area contributed by atoms with Crippen LogP contribution >= 0.6 is 22.7 Å². The maximum atomic E-state index is 14.3. The number of benzene rings is 3. The molecular weight excluding hydrogens is 601 g/mol. The molecule has 232 valence electrons. The maximum absolute atomic E-state index is 14.3. The summed E-state index contributed by atoms with van der Waals surface area (Å²) in [6.45, 7) is 4.49. The third-order valence-electron chi connectivity index (χ3n) is 9.61. The molecule has 0 bridgehead atoms. The minimum absolute atomic E-state index is 0.0369. The van der Waals surface area contributed by atoms with Crippen molar-refractivity contribution in [1.29, 1.82) is 0 Å². The van der Waals surface area contributed by atoms with E-state index in [4.69, 9.17) is 0 Å². The SMILES string of the molecule is CCCCCCc1ccsc1C1=c2cc3c(cc2C(=O)c2ccccc21)=C(c1sccc1CCCCCC)c1ccccc1C3=O. The van der Waals surface area contributed by atoms with Crippen molar-refractivity contribution in [2.24, 2.45) is 0 Å². The summed E-state index contributed by atoms with van der Waals surface area (Å²) < 4.78 is 0. The lowest BCUT2D eigenvalue weighted by molar-refractivity contribution is 0.102. The summed E-state index contributed by atoms with van der Waals surface area (Å²) in [6, 6.07) is 24.7. The highest BCUT2D eigenvalue weighted by atomic mass is 32.1. The highest BCUT2D eigenvalue weighted by molar-refractivity contribution is 7.11. The summed E-state index contributed by atoms with van der Waals surface area (Å²) >= 11 is 3.50. The van der Waals surface area contributed by atoms with Crippen LogP contribution in [0.5, 0.6) is 0 Å². The van der Waals surface area contributed by atoms with Crippen LogP contribution in [0.1, 0.15) is 129 Å². The van der Waals surface area contributed by atoms with Crippen LogP contribution in [0.3, 0.4) is 0 Å². The molecule has 0 spiro atoms. The molecule has 0 saturated heterocycles. The van der Waals surface area contributed by atoms with Gasteiger partial charge >= 0.3 is 0 Å². The number of thiophene rings is 2. The van der Waals surface area contributed by atoms with Gasteiger partial charge in [-0.3, -0.25) is 9.59 Å². The number of unbranched alkanes of at least 4 members (excludes halogenated alkanes) is 6. The van der Waals surface area contributed by atoms with Crippen molar-refractivity contribution in [2.75, 3.05) is 0 Å². The molecule has 0 radical (unpaired) electrons. The summed E-state index contributed by atoms with van der Waals surface area (Å²) in [5.74, 6) is 0.0738. The predicted octanol–water partition coefficient (Wildman–Crippen LogP) is 9.64. The molecule has 0 aliphatic heterocycles. The first-order valence-corrected chi connectivity index (χ1v) is 18.7. The lowest BCUT2D eigenvalue weighted by atomic mass is 9.79.